The number of ether oxygens (including phenoxy) is 1. The minimum absolute atomic E-state index is 0.0893. The lowest BCUT2D eigenvalue weighted by Gasteiger charge is -2.28. The van der Waals surface area contributed by atoms with Crippen LogP contribution in [0.3, 0.4) is 0 Å². The number of aromatic nitrogens is 2. The van der Waals surface area contributed by atoms with E-state index in [2.05, 4.69) is 9.97 Å². The van der Waals surface area contributed by atoms with Crippen molar-refractivity contribution in [2.45, 2.75) is 46.1 Å². The van der Waals surface area contributed by atoms with Crippen LogP contribution >= 0.6 is 0 Å². The van der Waals surface area contributed by atoms with Crippen molar-refractivity contribution in [2.24, 2.45) is 11.3 Å². The molecule has 1 aromatic carbocycles. The van der Waals surface area contributed by atoms with E-state index in [0.717, 1.165) is 34.6 Å². The van der Waals surface area contributed by atoms with E-state index in [4.69, 9.17) is 4.74 Å². The van der Waals surface area contributed by atoms with Crippen molar-refractivity contribution in [3.63, 3.8) is 0 Å². The number of nitrogens with zero attached hydrogens (tertiary/aromatic N) is 3. The lowest BCUT2D eigenvalue weighted by molar-refractivity contribution is -0.134. The van der Waals surface area contributed by atoms with E-state index in [-0.39, 0.29) is 17.6 Å². The number of aryl methyl sites for hydroxylation is 2. The molecular formula is C22H25N3O3. The van der Waals surface area contributed by atoms with Gasteiger partial charge in [0.25, 0.3) is 0 Å². The molecule has 1 aromatic heterocycles. The number of phenols is 1. The van der Waals surface area contributed by atoms with Crippen LogP contribution in [0.25, 0.3) is 11.3 Å². The number of amides is 1. The SMILES string of the molecule is Cc1cnc(C)c(-c2cc(O)c3c(c2)CN(C(=O)C2CC24CCC4)CCO3)n1. The van der Waals surface area contributed by atoms with Gasteiger partial charge in [-0.3, -0.25) is 9.78 Å². The maximum absolute atomic E-state index is 13.1. The smallest absolute Gasteiger partial charge is 0.226 e. The summed E-state index contributed by atoms with van der Waals surface area (Å²) in [4.78, 5) is 23.9. The normalized spacial score (nSPS) is 22.1. The van der Waals surface area contributed by atoms with Crippen LogP contribution in [-0.4, -0.2) is 39.0 Å². The van der Waals surface area contributed by atoms with Crippen LogP contribution in [0.15, 0.2) is 18.3 Å². The molecule has 1 unspecified atom stereocenters. The van der Waals surface area contributed by atoms with Crippen LogP contribution in [0.5, 0.6) is 11.5 Å². The lowest BCUT2D eigenvalue weighted by atomic mass is 9.79. The van der Waals surface area contributed by atoms with Crippen molar-refractivity contribution in [3.05, 3.63) is 35.3 Å². The Bertz CT molecular complexity index is 968. The van der Waals surface area contributed by atoms with Gasteiger partial charge in [-0.15, -0.1) is 0 Å². The number of aromatic hydroxyl groups is 1. The fourth-order valence-electron chi connectivity index (χ4n) is 4.74. The zero-order valence-corrected chi connectivity index (χ0v) is 16.4. The minimum atomic E-state index is 0.0893. The predicted molar refractivity (Wildman–Crippen MR) is 104 cm³/mol. The summed E-state index contributed by atoms with van der Waals surface area (Å²) in [6.45, 7) is 5.21. The number of carbonyl (C=O) groups is 1. The maximum atomic E-state index is 13.1. The molecule has 146 valence electrons. The van der Waals surface area contributed by atoms with E-state index in [0.29, 0.717) is 30.9 Å². The van der Waals surface area contributed by atoms with Crippen molar-refractivity contribution in [1.82, 2.24) is 14.9 Å². The van der Waals surface area contributed by atoms with E-state index in [1.165, 1.54) is 19.3 Å². The summed E-state index contributed by atoms with van der Waals surface area (Å²) >= 11 is 0. The minimum Gasteiger partial charge on any atom is -0.504 e. The summed E-state index contributed by atoms with van der Waals surface area (Å²) in [5.41, 5.74) is 4.30. The molecule has 1 aliphatic heterocycles. The Kier molecular flexibility index (Phi) is 3.86. The Balaban J connectivity index is 1.47. The summed E-state index contributed by atoms with van der Waals surface area (Å²) in [6, 6.07) is 3.65. The average molecular weight is 379 g/mol. The van der Waals surface area contributed by atoms with E-state index < -0.39 is 0 Å². The third-order valence-electron chi connectivity index (χ3n) is 6.61. The molecule has 2 heterocycles. The predicted octanol–water partition coefficient (Wildman–Crippen LogP) is 3.38. The lowest BCUT2D eigenvalue weighted by Crippen LogP contribution is -2.35. The number of hydrogen-bond donors (Lipinski definition) is 1. The van der Waals surface area contributed by atoms with Gasteiger partial charge < -0.3 is 14.7 Å². The molecule has 6 nitrogen and oxygen atoms in total. The van der Waals surface area contributed by atoms with Crippen LogP contribution in [-0.2, 0) is 11.3 Å². The first-order chi connectivity index (χ1) is 13.5. The van der Waals surface area contributed by atoms with E-state index in [9.17, 15) is 9.90 Å². The fraction of sp³-hybridized carbons (Fsp3) is 0.500. The van der Waals surface area contributed by atoms with Crippen molar-refractivity contribution in [2.75, 3.05) is 13.2 Å². The molecule has 5 rings (SSSR count). The Labute approximate surface area is 164 Å². The number of rotatable bonds is 2. The maximum Gasteiger partial charge on any atom is 0.226 e. The van der Waals surface area contributed by atoms with Gasteiger partial charge in [0.2, 0.25) is 5.91 Å². The van der Waals surface area contributed by atoms with E-state index in [1.807, 2.05) is 24.8 Å². The Morgan fingerprint density at radius 2 is 2.14 bits per heavy atom. The Hall–Kier alpha value is -2.63. The van der Waals surface area contributed by atoms with E-state index in [1.54, 1.807) is 12.3 Å². The van der Waals surface area contributed by atoms with Crippen molar-refractivity contribution >= 4 is 5.91 Å². The highest BCUT2D eigenvalue weighted by atomic mass is 16.5. The van der Waals surface area contributed by atoms with Crippen molar-refractivity contribution in [3.8, 4) is 22.8 Å². The highest BCUT2D eigenvalue weighted by molar-refractivity contribution is 5.83. The standard InChI is InChI=1S/C22H25N3O3/c1-13-11-23-14(2)19(24-13)15-8-16-12-25(6-7-28-20(16)18(26)9-15)21(27)17-10-22(17)4-3-5-22/h8-9,11,17,26H,3-7,10,12H2,1-2H3. The number of hydrogen-bond acceptors (Lipinski definition) is 5. The first-order valence-corrected chi connectivity index (χ1v) is 10.0. The molecule has 2 aromatic rings. The van der Waals surface area contributed by atoms with E-state index >= 15 is 0 Å². The quantitative estimate of drug-likeness (QED) is 0.866. The van der Waals surface area contributed by atoms with Crippen LogP contribution < -0.4 is 4.74 Å². The van der Waals surface area contributed by atoms with Gasteiger partial charge in [-0.05, 0) is 50.7 Å². The molecule has 2 fully saturated rings. The average Bonchev–Trinajstić information content (AvgIpc) is 3.42. The second-order valence-corrected chi connectivity index (χ2v) is 8.51. The van der Waals surface area contributed by atoms with Crippen LogP contribution in [0, 0.1) is 25.2 Å². The molecule has 3 aliphatic rings. The van der Waals surface area contributed by atoms with Gasteiger partial charge in [0, 0.05) is 29.8 Å². The summed E-state index contributed by atoms with van der Waals surface area (Å²) in [5.74, 6) is 0.995. The molecule has 1 N–H and O–H groups in total. The second kappa shape index (κ2) is 6.19. The third-order valence-corrected chi connectivity index (χ3v) is 6.61. The van der Waals surface area contributed by atoms with Gasteiger partial charge in [-0.25, -0.2) is 4.98 Å². The first-order valence-electron chi connectivity index (χ1n) is 10.0. The van der Waals surface area contributed by atoms with Gasteiger partial charge in [0.05, 0.1) is 23.6 Å². The highest BCUT2D eigenvalue weighted by Crippen LogP contribution is 2.66. The molecule has 0 radical (unpaired) electrons. The number of carbonyl (C=O) groups excluding carboxylic acids is 1. The third kappa shape index (κ3) is 2.74. The fourth-order valence-corrected chi connectivity index (χ4v) is 4.74. The summed E-state index contributed by atoms with van der Waals surface area (Å²) in [7, 11) is 0. The van der Waals surface area contributed by atoms with Crippen LogP contribution in [0.4, 0.5) is 0 Å². The molecule has 1 spiro atoms. The van der Waals surface area contributed by atoms with Gasteiger partial charge in [-0.2, -0.15) is 0 Å². The van der Waals surface area contributed by atoms with Gasteiger partial charge in [-0.1, -0.05) is 6.42 Å². The second-order valence-electron chi connectivity index (χ2n) is 8.51. The van der Waals surface area contributed by atoms with Crippen molar-refractivity contribution in [1.29, 1.82) is 0 Å². The molecule has 0 bridgehead atoms. The summed E-state index contributed by atoms with van der Waals surface area (Å²) in [5, 5.41) is 10.6. The molecule has 1 amide bonds. The van der Waals surface area contributed by atoms with Crippen molar-refractivity contribution < 1.29 is 14.6 Å². The molecule has 0 saturated heterocycles. The zero-order valence-electron chi connectivity index (χ0n) is 16.4. The molecule has 6 heteroatoms. The number of fused-ring (bicyclic) bond motifs is 1. The molecular weight excluding hydrogens is 354 g/mol. The Morgan fingerprint density at radius 3 is 2.86 bits per heavy atom. The highest BCUT2D eigenvalue weighted by Gasteiger charge is 2.61. The topological polar surface area (TPSA) is 75.6 Å². The molecule has 1 atom stereocenters. The molecule has 2 saturated carbocycles. The Morgan fingerprint density at radius 1 is 1.32 bits per heavy atom. The molecule has 2 aliphatic carbocycles. The first kappa shape index (κ1) is 17.5. The number of benzene rings is 1. The number of phenolic OH excluding ortho intramolecular Hbond substituents is 1. The summed E-state index contributed by atoms with van der Waals surface area (Å²) in [6.07, 6.45) is 6.42. The van der Waals surface area contributed by atoms with Gasteiger partial charge in [0.1, 0.15) is 6.61 Å². The zero-order chi connectivity index (χ0) is 19.5. The molecule has 28 heavy (non-hydrogen) atoms. The van der Waals surface area contributed by atoms with Gasteiger partial charge in [0.15, 0.2) is 11.5 Å². The summed E-state index contributed by atoms with van der Waals surface area (Å²) < 4.78 is 5.82. The van der Waals surface area contributed by atoms with Crippen LogP contribution in [0.2, 0.25) is 0 Å². The monoisotopic (exact) mass is 379 g/mol. The van der Waals surface area contributed by atoms with Crippen LogP contribution in [0.1, 0.15) is 42.6 Å². The van der Waals surface area contributed by atoms with Gasteiger partial charge >= 0.3 is 0 Å². The largest absolute Gasteiger partial charge is 0.504 e.